The molecule has 104 valence electrons. The second kappa shape index (κ2) is 7.63. The van der Waals surface area contributed by atoms with Gasteiger partial charge in [0.25, 0.3) is 0 Å². The number of carboxylic acid groups (broad SMARTS) is 1. The Kier molecular flexibility index (Phi) is 6.14. The van der Waals surface area contributed by atoms with E-state index in [-0.39, 0.29) is 0 Å². The zero-order chi connectivity index (χ0) is 14.3. The molecule has 1 aromatic rings. The van der Waals surface area contributed by atoms with Crippen molar-refractivity contribution in [3.05, 3.63) is 24.5 Å². The summed E-state index contributed by atoms with van der Waals surface area (Å²) in [5, 5.41) is 11.5. The quantitative estimate of drug-likeness (QED) is 0.825. The molecule has 0 saturated heterocycles. The number of thioether (sulfide) groups is 1. The van der Waals surface area contributed by atoms with E-state index in [0.29, 0.717) is 17.9 Å². The van der Waals surface area contributed by atoms with Gasteiger partial charge in [0.2, 0.25) is 0 Å². The van der Waals surface area contributed by atoms with Gasteiger partial charge in [-0.25, -0.2) is 9.59 Å². The summed E-state index contributed by atoms with van der Waals surface area (Å²) in [6, 6.07) is 2.10. The van der Waals surface area contributed by atoms with Gasteiger partial charge >= 0.3 is 12.0 Å². The molecule has 1 atom stereocenters. The van der Waals surface area contributed by atoms with Crippen LogP contribution in [0.25, 0.3) is 0 Å². The van der Waals surface area contributed by atoms with E-state index >= 15 is 0 Å². The highest BCUT2D eigenvalue weighted by molar-refractivity contribution is 7.98. The summed E-state index contributed by atoms with van der Waals surface area (Å²) < 4.78 is 0. The van der Waals surface area contributed by atoms with Crippen LogP contribution in [-0.2, 0) is 4.79 Å². The van der Waals surface area contributed by atoms with Crippen molar-refractivity contribution in [1.29, 1.82) is 0 Å². The van der Waals surface area contributed by atoms with E-state index in [2.05, 4.69) is 10.3 Å². The van der Waals surface area contributed by atoms with Crippen molar-refractivity contribution in [2.75, 3.05) is 24.0 Å². The van der Waals surface area contributed by atoms with Gasteiger partial charge in [-0.1, -0.05) is 0 Å². The number of aromatic nitrogens is 1. The van der Waals surface area contributed by atoms with Crippen LogP contribution >= 0.6 is 11.8 Å². The van der Waals surface area contributed by atoms with Crippen LogP contribution < -0.4 is 10.2 Å². The normalized spacial score (nSPS) is 11.7. The van der Waals surface area contributed by atoms with Gasteiger partial charge in [-0.15, -0.1) is 0 Å². The second-order valence-electron chi connectivity index (χ2n) is 3.89. The molecule has 0 aliphatic carbocycles. The maximum absolute atomic E-state index is 11.9. The molecule has 0 radical (unpaired) electrons. The van der Waals surface area contributed by atoms with Crippen molar-refractivity contribution < 1.29 is 14.7 Å². The SMILES string of the molecule is CSCCC(NC(=O)N(C)c1cccnc1)C(=O)O. The number of urea groups is 1. The van der Waals surface area contributed by atoms with Gasteiger partial charge in [0.1, 0.15) is 6.04 Å². The highest BCUT2D eigenvalue weighted by atomic mass is 32.2. The molecule has 0 saturated carbocycles. The minimum atomic E-state index is -1.03. The van der Waals surface area contributed by atoms with Crippen molar-refractivity contribution in [2.45, 2.75) is 12.5 Å². The molecule has 0 bridgehead atoms. The van der Waals surface area contributed by atoms with Crippen molar-refractivity contribution in [1.82, 2.24) is 10.3 Å². The average Bonchev–Trinajstić information content (AvgIpc) is 2.43. The fourth-order valence-corrected chi connectivity index (χ4v) is 1.88. The summed E-state index contributed by atoms with van der Waals surface area (Å²) in [5.41, 5.74) is 0.606. The molecule has 0 aliphatic rings. The summed E-state index contributed by atoms with van der Waals surface area (Å²) in [4.78, 5) is 28.2. The first-order valence-corrected chi connectivity index (χ1v) is 7.11. The summed E-state index contributed by atoms with van der Waals surface area (Å²) in [5.74, 6) is -0.351. The Morgan fingerprint density at radius 3 is 2.84 bits per heavy atom. The zero-order valence-electron chi connectivity index (χ0n) is 10.9. The Morgan fingerprint density at radius 2 is 2.32 bits per heavy atom. The Bertz CT molecular complexity index is 427. The third-order valence-electron chi connectivity index (χ3n) is 2.54. The van der Waals surface area contributed by atoms with E-state index in [9.17, 15) is 9.59 Å². The predicted octanol–water partition coefficient (Wildman–Crippen LogP) is 1.43. The smallest absolute Gasteiger partial charge is 0.326 e. The van der Waals surface area contributed by atoms with Crippen molar-refractivity contribution in [3.63, 3.8) is 0 Å². The molecule has 19 heavy (non-hydrogen) atoms. The fraction of sp³-hybridized carbons (Fsp3) is 0.417. The van der Waals surface area contributed by atoms with Gasteiger partial charge in [-0.05, 0) is 30.6 Å². The highest BCUT2D eigenvalue weighted by Crippen LogP contribution is 2.10. The monoisotopic (exact) mass is 283 g/mol. The van der Waals surface area contributed by atoms with Crippen molar-refractivity contribution in [2.24, 2.45) is 0 Å². The molecule has 2 N–H and O–H groups in total. The summed E-state index contributed by atoms with van der Waals surface area (Å²) >= 11 is 1.54. The summed E-state index contributed by atoms with van der Waals surface area (Å²) in [6.07, 6.45) is 5.43. The fourth-order valence-electron chi connectivity index (χ4n) is 1.41. The van der Waals surface area contributed by atoms with E-state index in [1.54, 1.807) is 37.1 Å². The number of nitrogens with one attached hydrogen (secondary N) is 1. The molecule has 7 heteroatoms. The molecule has 1 unspecified atom stereocenters. The Morgan fingerprint density at radius 1 is 1.58 bits per heavy atom. The Labute approximate surface area is 116 Å². The first-order chi connectivity index (χ1) is 9.06. The topological polar surface area (TPSA) is 82.5 Å². The van der Waals surface area contributed by atoms with Gasteiger partial charge in [0.15, 0.2) is 0 Å². The Hall–Kier alpha value is -1.76. The van der Waals surface area contributed by atoms with Gasteiger partial charge in [-0.2, -0.15) is 11.8 Å². The van der Waals surface area contributed by atoms with E-state index < -0.39 is 18.0 Å². The molecule has 0 spiro atoms. The average molecular weight is 283 g/mol. The molecule has 6 nitrogen and oxygen atoms in total. The van der Waals surface area contributed by atoms with Gasteiger partial charge in [-0.3, -0.25) is 9.88 Å². The number of amides is 2. The largest absolute Gasteiger partial charge is 0.480 e. The van der Waals surface area contributed by atoms with E-state index in [1.807, 2.05) is 6.26 Å². The second-order valence-corrected chi connectivity index (χ2v) is 4.88. The lowest BCUT2D eigenvalue weighted by Crippen LogP contribution is -2.47. The molecular formula is C12H17N3O3S. The number of hydrogen-bond donors (Lipinski definition) is 2. The number of pyridine rings is 1. The van der Waals surface area contributed by atoms with Crippen LogP contribution in [0.4, 0.5) is 10.5 Å². The van der Waals surface area contributed by atoms with E-state index in [1.165, 1.54) is 11.1 Å². The maximum atomic E-state index is 11.9. The van der Waals surface area contributed by atoms with Gasteiger partial charge in [0.05, 0.1) is 11.9 Å². The Balaban J connectivity index is 2.64. The summed E-state index contributed by atoms with van der Waals surface area (Å²) in [7, 11) is 1.57. The maximum Gasteiger partial charge on any atom is 0.326 e. The first kappa shape index (κ1) is 15.3. The number of aliphatic carboxylic acids is 1. The van der Waals surface area contributed by atoms with Gasteiger partial charge in [0, 0.05) is 13.2 Å². The van der Waals surface area contributed by atoms with E-state index in [0.717, 1.165) is 0 Å². The number of rotatable bonds is 6. The molecule has 1 aromatic heterocycles. The summed E-state index contributed by atoms with van der Waals surface area (Å²) in [6.45, 7) is 0. The minimum Gasteiger partial charge on any atom is -0.480 e. The third-order valence-corrected chi connectivity index (χ3v) is 3.19. The van der Waals surface area contributed by atoms with Crippen molar-refractivity contribution in [3.8, 4) is 0 Å². The van der Waals surface area contributed by atoms with Crippen LogP contribution in [0, 0.1) is 0 Å². The lowest BCUT2D eigenvalue weighted by Gasteiger charge is -2.21. The number of hydrogen-bond acceptors (Lipinski definition) is 4. The minimum absolute atomic E-state index is 0.392. The molecular weight excluding hydrogens is 266 g/mol. The first-order valence-electron chi connectivity index (χ1n) is 5.72. The number of anilines is 1. The predicted molar refractivity (Wildman–Crippen MR) is 75.6 cm³/mol. The zero-order valence-corrected chi connectivity index (χ0v) is 11.7. The number of carbonyl (C=O) groups excluding carboxylic acids is 1. The van der Waals surface area contributed by atoms with E-state index in [4.69, 9.17) is 5.11 Å². The molecule has 1 heterocycles. The lowest BCUT2D eigenvalue weighted by molar-refractivity contribution is -0.139. The van der Waals surface area contributed by atoms with Crippen LogP contribution in [0.3, 0.4) is 0 Å². The highest BCUT2D eigenvalue weighted by Gasteiger charge is 2.21. The van der Waals surface area contributed by atoms with Gasteiger partial charge < -0.3 is 10.4 Å². The van der Waals surface area contributed by atoms with Crippen LogP contribution in [0.1, 0.15) is 6.42 Å². The van der Waals surface area contributed by atoms with Crippen LogP contribution in [0.5, 0.6) is 0 Å². The molecule has 1 rings (SSSR count). The van der Waals surface area contributed by atoms with Crippen LogP contribution in [0.15, 0.2) is 24.5 Å². The molecule has 0 aromatic carbocycles. The standard InChI is InChI=1S/C12H17N3O3S/c1-15(9-4-3-6-13-8-9)12(18)14-10(11(16)17)5-7-19-2/h3-4,6,8,10H,5,7H2,1-2H3,(H,14,18)(H,16,17). The van der Waals surface area contributed by atoms with Crippen LogP contribution in [-0.4, -0.2) is 47.2 Å². The number of nitrogens with zero attached hydrogens (tertiary/aromatic N) is 2. The van der Waals surface area contributed by atoms with Crippen molar-refractivity contribution >= 4 is 29.4 Å². The number of carbonyl (C=O) groups is 2. The molecule has 0 aliphatic heterocycles. The third kappa shape index (κ3) is 4.78. The molecule has 2 amide bonds. The lowest BCUT2D eigenvalue weighted by atomic mass is 10.2. The molecule has 0 fully saturated rings. The number of carboxylic acids is 1. The van der Waals surface area contributed by atoms with Crippen LogP contribution in [0.2, 0.25) is 0 Å².